The molecule has 1 unspecified atom stereocenters. The third-order valence-corrected chi connectivity index (χ3v) is 2.36. The predicted molar refractivity (Wildman–Crippen MR) is 60.8 cm³/mol. The third-order valence-electron chi connectivity index (χ3n) is 2.36. The number of unbranched alkanes of at least 4 members (excludes halogenated alkanes) is 4. The fourth-order valence-corrected chi connectivity index (χ4v) is 1.34. The Kier molecular flexibility index (Phi) is 9.59. The molecule has 0 radical (unpaired) electrons. The van der Waals surface area contributed by atoms with Crippen LogP contribution in [-0.4, -0.2) is 26.3 Å². The Balaban J connectivity index is 3.20. The highest BCUT2D eigenvalue weighted by molar-refractivity contribution is 5.71. The maximum Gasteiger partial charge on any atom is 0.310 e. The monoisotopic (exact) mass is 216 g/mol. The Morgan fingerprint density at radius 1 is 1.20 bits per heavy atom. The summed E-state index contributed by atoms with van der Waals surface area (Å²) >= 11 is 0. The van der Waals surface area contributed by atoms with Crippen molar-refractivity contribution in [1.29, 1.82) is 0 Å². The zero-order valence-electron chi connectivity index (χ0n) is 10.3. The molecule has 0 aliphatic rings. The zero-order chi connectivity index (χ0) is 11.5. The largest absolute Gasteiger partial charge is 0.469 e. The van der Waals surface area contributed by atoms with Crippen LogP contribution in [0.3, 0.4) is 0 Å². The van der Waals surface area contributed by atoms with Crippen molar-refractivity contribution < 1.29 is 14.3 Å². The van der Waals surface area contributed by atoms with Gasteiger partial charge in [-0.2, -0.15) is 0 Å². The molecule has 0 heterocycles. The number of carbonyl (C=O) groups excluding carboxylic acids is 1. The van der Waals surface area contributed by atoms with Crippen molar-refractivity contribution in [2.75, 3.05) is 20.3 Å². The zero-order valence-corrected chi connectivity index (χ0v) is 10.3. The second-order valence-electron chi connectivity index (χ2n) is 3.91. The van der Waals surface area contributed by atoms with Crippen molar-refractivity contribution in [3.63, 3.8) is 0 Å². The van der Waals surface area contributed by atoms with Gasteiger partial charge in [-0.3, -0.25) is 4.79 Å². The number of hydrogen-bond donors (Lipinski definition) is 0. The second kappa shape index (κ2) is 9.97. The topological polar surface area (TPSA) is 35.5 Å². The molecule has 0 aromatic rings. The molecule has 3 heteroatoms. The van der Waals surface area contributed by atoms with E-state index < -0.39 is 0 Å². The van der Waals surface area contributed by atoms with E-state index in [1.807, 2.05) is 6.92 Å². The highest BCUT2D eigenvalue weighted by atomic mass is 16.5. The first-order valence-corrected chi connectivity index (χ1v) is 5.88. The molecule has 15 heavy (non-hydrogen) atoms. The molecule has 0 bridgehead atoms. The van der Waals surface area contributed by atoms with Crippen LogP contribution in [0.4, 0.5) is 0 Å². The van der Waals surface area contributed by atoms with Crippen LogP contribution in [0.25, 0.3) is 0 Å². The van der Waals surface area contributed by atoms with Gasteiger partial charge in [0.2, 0.25) is 0 Å². The molecule has 90 valence electrons. The van der Waals surface area contributed by atoms with Crippen molar-refractivity contribution in [3.05, 3.63) is 0 Å². The van der Waals surface area contributed by atoms with Crippen LogP contribution < -0.4 is 0 Å². The second-order valence-corrected chi connectivity index (χ2v) is 3.91. The minimum Gasteiger partial charge on any atom is -0.469 e. The fraction of sp³-hybridized carbons (Fsp3) is 0.917. The summed E-state index contributed by atoms with van der Waals surface area (Å²) in [6.07, 6.45) is 6.17. The van der Waals surface area contributed by atoms with E-state index in [1.54, 1.807) is 0 Å². The van der Waals surface area contributed by atoms with Gasteiger partial charge < -0.3 is 9.47 Å². The van der Waals surface area contributed by atoms with E-state index in [2.05, 4.69) is 11.7 Å². The van der Waals surface area contributed by atoms with Crippen LogP contribution >= 0.6 is 0 Å². The standard InChI is InChI=1S/C12H24O3/c1-4-5-6-7-8-9-15-10-11(2)12(13)14-3/h11H,4-10H2,1-3H3. The first-order chi connectivity index (χ1) is 7.22. The summed E-state index contributed by atoms with van der Waals surface area (Å²) in [6.45, 7) is 5.25. The molecule has 0 fully saturated rings. The minimum absolute atomic E-state index is 0.148. The number of ether oxygens (including phenoxy) is 2. The molecular weight excluding hydrogens is 192 g/mol. The minimum atomic E-state index is -0.194. The van der Waals surface area contributed by atoms with Gasteiger partial charge >= 0.3 is 5.97 Å². The van der Waals surface area contributed by atoms with Gasteiger partial charge in [-0.1, -0.05) is 32.6 Å². The molecule has 0 N–H and O–H groups in total. The van der Waals surface area contributed by atoms with Crippen LogP contribution in [-0.2, 0) is 14.3 Å². The number of esters is 1. The van der Waals surface area contributed by atoms with Gasteiger partial charge in [0.25, 0.3) is 0 Å². The summed E-state index contributed by atoms with van der Waals surface area (Å²) in [5.41, 5.74) is 0. The predicted octanol–water partition coefficient (Wildman–Crippen LogP) is 2.78. The van der Waals surface area contributed by atoms with Crippen LogP contribution in [0, 0.1) is 5.92 Å². The number of hydrogen-bond acceptors (Lipinski definition) is 3. The molecular formula is C12H24O3. The average molecular weight is 216 g/mol. The Hall–Kier alpha value is -0.570. The molecule has 0 aromatic heterocycles. The van der Waals surface area contributed by atoms with Crippen molar-refractivity contribution in [2.24, 2.45) is 5.92 Å². The Morgan fingerprint density at radius 2 is 1.87 bits per heavy atom. The van der Waals surface area contributed by atoms with Crippen molar-refractivity contribution in [2.45, 2.75) is 46.0 Å². The molecule has 0 saturated carbocycles. The highest BCUT2D eigenvalue weighted by Crippen LogP contribution is 2.04. The molecule has 1 atom stereocenters. The Morgan fingerprint density at radius 3 is 2.47 bits per heavy atom. The van der Waals surface area contributed by atoms with Crippen molar-refractivity contribution >= 4 is 5.97 Å². The van der Waals surface area contributed by atoms with Gasteiger partial charge in [0.05, 0.1) is 19.6 Å². The highest BCUT2D eigenvalue weighted by Gasteiger charge is 2.12. The summed E-state index contributed by atoms with van der Waals surface area (Å²) in [4.78, 5) is 11.0. The quantitative estimate of drug-likeness (QED) is 0.439. The maximum absolute atomic E-state index is 11.0. The molecule has 0 aliphatic heterocycles. The molecule has 3 nitrogen and oxygen atoms in total. The molecule has 0 rings (SSSR count). The van der Waals surface area contributed by atoms with E-state index >= 15 is 0 Å². The molecule has 0 spiro atoms. The summed E-state index contributed by atoms with van der Waals surface area (Å²) in [6, 6.07) is 0. The first kappa shape index (κ1) is 14.4. The van der Waals surface area contributed by atoms with Crippen molar-refractivity contribution in [1.82, 2.24) is 0 Å². The van der Waals surface area contributed by atoms with E-state index in [0.717, 1.165) is 13.0 Å². The summed E-state index contributed by atoms with van der Waals surface area (Å²) < 4.78 is 10.0. The summed E-state index contributed by atoms with van der Waals surface area (Å²) in [7, 11) is 1.41. The SMILES string of the molecule is CCCCCCCOCC(C)C(=O)OC. The lowest BCUT2D eigenvalue weighted by molar-refractivity contribution is -0.146. The van der Waals surface area contributed by atoms with Crippen LogP contribution in [0.2, 0.25) is 0 Å². The lowest BCUT2D eigenvalue weighted by Gasteiger charge is -2.09. The number of methoxy groups -OCH3 is 1. The van der Waals surface area contributed by atoms with Gasteiger partial charge in [0.1, 0.15) is 0 Å². The van der Waals surface area contributed by atoms with E-state index in [1.165, 1.54) is 32.8 Å². The molecule has 0 aromatic carbocycles. The van der Waals surface area contributed by atoms with E-state index in [-0.39, 0.29) is 11.9 Å². The van der Waals surface area contributed by atoms with Gasteiger partial charge in [-0.25, -0.2) is 0 Å². The van der Waals surface area contributed by atoms with Crippen LogP contribution in [0.1, 0.15) is 46.0 Å². The first-order valence-electron chi connectivity index (χ1n) is 5.88. The Labute approximate surface area is 93.1 Å². The molecule has 0 aliphatic carbocycles. The van der Waals surface area contributed by atoms with E-state index in [0.29, 0.717) is 6.61 Å². The van der Waals surface area contributed by atoms with Crippen molar-refractivity contribution in [3.8, 4) is 0 Å². The van der Waals surface area contributed by atoms with Gasteiger partial charge in [0, 0.05) is 6.61 Å². The fourth-order valence-electron chi connectivity index (χ4n) is 1.34. The van der Waals surface area contributed by atoms with Gasteiger partial charge in [0.15, 0.2) is 0 Å². The third kappa shape index (κ3) is 8.43. The lowest BCUT2D eigenvalue weighted by Crippen LogP contribution is -2.18. The lowest BCUT2D eigenvalue weighted by atomic mass is 10.2. The van der Waals surface area contributed by atoms with E-state index in [4.69, 9.17) is 4.74 Å². The van der Waals surface area contributed by atoms with Crippen LogP contribution in [0.15, 0.2) is 0 Å². The molecule has 0 amide bonds. The van der Waals surface area contributed by atoms with Crippen LogP contribution in [0.5, 0.6) is 0 Å². The summed E-state index contributed by atoms with van der Waals surface area (Å²) in [5, 5.41) is 0. The normalized spacial score (nSPS) is 12.5. The van der Waals surface area contributed by atoms with E-state index in [9.17, 15) is 4.79 Å². The smallest absolute Gasteiger partial charge is 0.310 e. The summed E-state index contributed by atoms with van der Waals surface area (Å²) in [5.74, 6) is -0.341. The Bertz CT molecular complexity index is 157. The van der Waals surface area contributed by atoms with Gasteiger partial charge in [-0.15, -0.1) is 0 Å². The molecule has 0 saturated heterocycles. The average Bonchev–Trinajstić information content (AvgIpc) is 2.26. The number of carbonyl (C=O) groups is 1. The van der Waals surface area contributed by atoms with Gasteiger partial charge in [-0.05, 0) is 13.3 Å². The number of rotatable bonds is 9. The maximum atomic E-state index is 11.0.